The predicted molar refractivity (Wildman–Crippen MR) is 76.8 cm³/mol. The minimum absolute atomic E-state index is 0.314. The maximum Gasteiger partial charge on any atom is 0.110 e. The molecule has 2 nitrogen and oxygen atoms in total. The number of rotatable bonds is 5. The highest BCUT2D eigenvalue weighted by atomic mass is 35.5. The van der Waals surface area contributed by atoms with Crippen molar-refractivity contribution in [2.24, 2.45) is 5.41 Å². The van der Waals surface area contributed by atoms with Crippen molar-refractivity contribution in [3.05, 3.63) is 16.1 Å². The van der Waals surface area contributed by atoms with E-state index < -0.39 is 0 Å². The molecule has 1 rings (SSSR count). The summed E-state index contributed by atoms with van der Waals surface area (Å²) in [5, 5.41) is 3.26. The summed E-state index contributed by atoms with van der Waals surface area (Å²) in [6.45, 7) is 10.1. The van der Waals surface area contributed by atoms with Gasteiger partial charge in [-0.2, -0.15) is 0 Å². The Balaban J connectivity index is 2.76. The van der Waals surface area contributed by atoms with Crippen LogP contribution in [0.4, 0.5) is 0 Å². The molecule has 0 aliphatic carbocycles. The van der Waals surface area contributed by atoms with Crippen LogP contribution in [0.2, 0.25) is 0 Å². The zero-order chi connectivity index (χ0) is 13.1. The summed E-state index contributed by atoms with van der Waals surface area (Å²) in [6.07, 6.45) is 1.09. The summed E-state index contributed by atoms with van der Waals surface area (Å²) in [4.78, 5) is 7.00. The monoisotopic (exact) mass is 274 g/mol. The van der Waals surface area contributed by atoms with Crippen molar-refractivity contribution in [2.45, 2.75) is 46.0 Å². The van der Waals surface area contributed by atoms with Crippen LogP contribution in [0, 0.1) is 5.41 Å². The van der Waals surface area contributed by atoms with E-state index >= 15 is 0 Å². The zero-order valence-electron chi connectivity index (χ0n) is 11.5. The standard InChI is InChI=1S/C13H23ClN2S/c1-6-11(16(5)9-13(2,3)4)12-15-10(7-14)8-17-12/h8,11H,6-7,9H2,1-5H3. The summed E-state index contributed by atoms with van der Waals surface area (Å²) in [5.41, 5.74) is 1.31. The van der Waals surface area contributed by atoms with Crippen LogP contribution in [-0.4, -0.2) is 23.5 Å². The molecule has 4 heteroatoms. The molecule has 1 aromatic rings. The van der Waals surface area contributed by atoms with Crippen LogP contribution in [0.25, 0.3) is 0 Å². The van der Waals surface area contributed by atoms with Crippen molar-refractivity contribution in [1.82, 2.24) is 9.88 Å². The average molecular weight is 275 g/mol. The van der Waals surface area contributed by atoms with E-state index in [-0.39, 0.29) is 0 Å². The molecule has 0 fully saturated rings. The normalized spacial score (nSPS) is 14.3. The Morgan fingerprint density at radius 2 is 2.12 bits per heavy atom. The number of nitrogens with zero attached hydrogens (tertiary/aromatic N) is 2. The van der Waals surface area contributed by atoms with E-state index in [0.29, 0.717) is 17.3 Å². The molecule has 0 amide bonds. The Morgan fingerprint density at radius 3 is 2.53 bits per heavy atom. The first-order chi connectivity index (χ1) is 7.87. The molecule has 0 saturated heterocycles. The molecule has 0 spiro atoms. The van der Waals surface area contributed by atoms with E-state index in [4.69, 9.17) is 11.6 Å². The summed E-state index contributed by atoms with van der Waals surface area (Å²) < 4.78 is 0. The van der Waals surface area contributed by atoms with E-state index in [9.17, 15) is 0 Å². The van der Waals surface area contributed by atoms with Gasteiger partial charge in [-0.15, -0.1) is 22.9 Å². The first kappa shape index (κ1) is 14.9. The fourth-order valence-corrected chi connectivity index (χ4v) is 3.37. The molecule has 1 unspecified atom stereocenters. The molecule has 0 aliphatic heterocycles. The molecule has 1 atom stereocenters. The number of hydrogen-bond donors (Lipinski definition) is 0. The van der Waals surface area contributed by atoms with Crippen molar-refractivity contribution in [3.8, 4) is 0 Å². The van der Waals surface area contributed by atoms with Gasteiger partial charge in [0.15, 0.2) is 0 Å². The third kappa shape index (κ3) is 4.57. The lowest BCUT2D eigenvalue weighted by molar-refractivity contribution is 0.168. The van der Waals surface area contributed by atoms with E-state index in [1.54, 1.807) is 11.3 Å². The van der Waals surface area contributed by atoms with Gasteiger partial charge in [-0.1, -0.05) is 27.7 Å². The molecule has 0 saturated carbocycles. The molecule has 1 aromatic heterocycles. The van der Waals surface area contributed by atoms with Gasteiger partial charge in [0, 0.05) is 11.9 Å². The minimum Gasteiger partial charge on any atom is -0.297 e. The topological polar surface area (TPSA) is 16.1 Å². The predicted octanol–water partition coefficient (Wildman–Crippen LogP) is 4.31. The molecule has 17 heavy (non-hydrogen) atoms. The van der Waals surface area contributed by atoms with Gasteiger partial charge in [0.1, 0.15) is 5.01 Å². The lowest BCUT2D eigenvalue weighted by Crippen LogP contribution is -2.32. The highest BCUT2D eigenvalue weighted by Gasteiger charge is 2.22. The molecule has 98 valence electrons. The lowest BCUT2D eigenvalue weighted by atomic mass is 9.95. The second kappa shape index (κ2) is 6.17. The quantitative estimate of drug-likeness (QED) is 0.744. The van der Waals surface area contributed by atoms with Gasteiger partial charge in [-0.25, -0.2) is 4.98 Å². The van der Waals surface area contributed by atoms with Gasteiger partial charge in [0.2, 0.25) is 0 Å². The molecular formula is C13H23ClN2S. The van der Waals surface area contributed by atoms with Crippen LogP contribution in [0.3, 0.4) is 0 Å². The maximum absolute atomic E-state index is 5.80. The van der Waals surface area contributed by atoms with Gasteiger partial charge < -0.3 is 0 Å². The number of hydrogen-bond acceptors (Lipinski definition) is 3. The van der Waals surface area contributed by atoms with Gasteiger partial charge in [-0.05, 0) is 18.9 Å². The van der Waals surface area contributed by atoms with Crippen molar-refractivity contribution in [1.29, 1.82) is 0 Å². The van der Waals surface area contributed by atoms with Gasteiger partial charge in [-0.3, -0.25) is 4.90 Å². The molecule has 0 aromatic carbocycles. The SMILES string of the molecule is CCC(c1nc(CCl)cs1)N(C)CC(C)(C)C. The number of thiazole rings is 1. The van der Waals surface area contributed by atoms with Crippen LogP contribution in [0.1, 0.15) is 50.9 Å². The highest BCUT2D eigenvalue weighted by molar-refractivity contribution is 7.09. The smallest absolute Gasteiger partial charge is 0.110 e. The highest BCUT2D eigenvalue weighted by Crippen LogP contribution is 2.29. The van der Waals surface area contributed by atoms with E-state index in [0.717, 1.165) is 18.7 Å². The van der Waals surface area contributed by atoms with Crippen molar-refractivity contribution < 1.29 is 0 Å². The Bertz CT molecular complexity index is 343. The third-order valence-electron chi connectivity index (χ3n) is 2.63. The van der Waals surface area contributed by atoms with Crippen LogP contribution < -0.4 is 0 Å². The Labute approximate surface area is 114 Å². The first-order valence-electron chi connectivity index (χ1n) is 6.08. The summed E-state index contributed by atoms with van der Waals surface area (Å²) in [6, 6.07) is 0.413. The van der Waals surface area contributed by atoms with Crippen molar-refractivity contribution >= 4 is 22.9 Å². The van der Waals surface area contributed by atoms with E-state index in [1.807, 2.05) is 0 Å². The molecule has 0 aliphatic rings. The lowest BCUT2D eigenvalue weighted by Gasteiger charge is -2.31. The summed E-state index contributed by atoms with van der Waals surface area (Å²) in [7, 11) is 2.18. The second-order valence-electron chi connectivity index (χ2n) is 5.71. The number of aromatic nitrogens is 1. The molecule has 0 bridgehead atoms. The third-order valence-corrected chi connectivity index (χ3v) is 3.90. The largest absolute Gasteiger partial charge is 0.297 e. The average Bonchev–Trinajstić information content (AvgIpc) is 2.64. The first-order valence-corrected chi connectivity index (χ1v) is 7.49. The fraction of sp³-hybridized carbons (Fsp3) is 0.769. The second-order valence-corrected chi connectivity index (χ2v) is 6.87. The maximum atomic E-state index is 5.80. The Hall–Kier alpha value is -0.120. The molecule has 0 N–H and O–H groups in total. The molecule has 0 radical (unpaired) electrons. The summed E-state index contributed by atoms with van der Waals surface area (Å²) in [5.74, 6) is 0.510. The summed E-state index contributed by atoms with van der Waals surface area (Å²) >= 11 is 7.53. The van der Waals surface area contributed by atoms with Crippen LogP contribution in [0.15, 0.2) is 5.38 Å². The molecule has 1 heterocycles. The number of halogens is 1. The van der Waals surface area contributed by atoms with E-state index in [2.05, 4.69) is 50.0 Å². The van der Waals surface area contributed by atoms with Crippen molar-refractivity contribution in [3.63, 3.8) is 0 Å². The van der Waals surface area contributed by atoms with Crippen LogP contribution in [-0.2, 0) is 5.88 Å². The Kier molecular flexibility index (Phi) is 5.42. The van der Waals surface area contributed by atoms with Gasteiger partial charge in [0.05, 0.1) is 17.6 Å². The number of alkyl halides is 1. The van der Waals surface area contributed by atoms with Crippen LogP contribution >= 0.6 is 22.9 Å². The fourth-order valence-electron chi connectivity index (χ4n) is 2.07. The van der Waals surface area contributed by atoms with Gasteiger partial charge in [0.25, 0.3) is 0 Å². The van der Waals surface area contributed by atoms with E-state index in [1.165, 1.54) is 5.01 Å². The molecular weight excluding hydrogens is 252 g/mol. The van der Waals surface area contributed by atoms with Gasteiger partial charge >= 0.3 is 0 Å². The van der Waals surface area contributed by atoms with Crippen molar-refractivity contribution in [2.75, 3.05) is 13.6 Å². The minimum atomic E-state index is 0.314. The Morgan fingerprint density at radius 1 is 1.47 bits per heavy atom. The van der Waals surface area contributed by atoms with Crippen LogP contribution in [0.5, 0.6) is 0 Å². The zero-order valence-corrected chi connectivity index (χ0v) is 13.0.